The van der Waals surface area contributed by atoms with Crippen molar-refractivity contribution in [3.8, 4) is 0 Å². The van der Waals surface area contributed by atoms with Crippen molar-refractivity contribution >= 4 is 0 Å². The summed E-state index contributed by atoms with van der Waals surface area (Å²) in [5.74, 6) is 0.964. The second-order valence-corrected chi connectivity index (χ2v) is 6.97. The Bertz CT molecular complexity index is 259. The maximum atomic E-state index is 3.48. The highest BCUT2D eigenvalue weighted by molar-refractivity contribution is 4.86. The van der Waals surface area contributed by atoms with Crippen LogP contribution in [0.1, 0.15) is 45.4 Å². The van der Waals surface area contributed by atoms with E-state index in [9.17, 15) is 0 Å². The van der Waals surface area contributed by atoms with Crippen LogP contribution in [0.25, 0.3) is 0 Å². The number of nitrogens with one attached hydrogen (secondary N) is 1. The van der Waals surface area contributed by atoms with Gasteiger partial charge in [0.2, 0.25) is 0 Å². The van der Waals surface area contributed by atoms with Crippen molar-refractivity contribution in [2.75, 3.05) is 39.3 Å². The first kappa shape index (κ1) is 13.8. The summed E-state index contributed by atoms with van der Waals surface area (Å²) >= 11 is 0. The van der Waals surface area contributed by atoms with Crippen LogP contribution in [0.5, 0.6) is 0 Å². The average molecular weight is 265 g/mol. The van der Waals surface area contributed by atoms with Gasteiger partial charge in [0.1, 0.15) is 0 Å². The van der Waals surface area contributed by atoms with E-state index in [1.165, 1.54) is 77.8 Å². The molecule has 1 N–H and O–H groups in total. The van der Waals surface area contributed by atoms with Gasteiger partial charge in [-0.2, -0.15) is 0 Å². The van der Waals surface area contributed by atoms with Gasteiger partial charge < -0.3 is 15.1 Å². The molecule has 3 saturated heterocycles. The van der Waals surface area contributed by atoms with E-state index in [4.69, 9.17) is 0 Å². The summed E-state index contributed by atoms with van der Waals surface area (Å²) in [6.07, 6.45) is 8.41. The fourth-order valence-corrected chi connectivity index (χ4v) is 4.18. The molecule has 0 aromatic carbocycles. The maximum Gasteiger partial charge on any atom is 0.0120 e. The van der Waals surface area contributed by atoms with Gasteiger partial charge in [-0.3, -0.25) is 0 Å². The third kappa shape index (κ3) is 3.50. The number of likely N-dealkylation sites (tertiary alicyclic amines) is 2. The third-order valence-electron chi connectivity index (χ3n) is 5.66. The third-order valence-corrected chi connectivity index (χ3v) is 5.66. The molecule has 0 aromatic rings. The predicted molar refractivity (Wildman–Crippen MR) is 80.5 cm³/mol. The molecule has 0 spiro atoms. The SMILES string of the molecule is CC1CCN(C2CCN(C3CCNCC3)CC2)CC1. The number of nitrogens with zero attached hydrogens (tertiary/aromatic N) is 2. The standard InChI is InChI=1S/C16H31N3/c1-14-4-10-18(11-5-14)16-6-12-19(13-7-16)15-2-8-17-9-3-15/h14-17H,2-13H2,1H3. The summed E-state index contributed by atoms with van der Waals surface area (Å²) in [5, 5.41) is 3.48. The lowest BCUT2D eigenvalue weighted by atomic mass is 9.93. The Balaban J connectivity index is 1.44. The lowest BCUT2D eigenvalue weighted by molar-refractivity contribution is 0.0561. The van der Waals surface area contributed by atoms with Crippen LogP contribution in [0.2, 0.25) is 0 Å². The Morgan fingerprint density at radius 2 is 1.16 bits per heavy atom. The first-order valence-electron chi connectivity index (χ1n) is 8.52. The Morgan fingerprint density at radius 3 is 1.74 bits per heavy atom. The molecule has 0 amide bonds. The summed E-state index contributed by atoms with van der Waals surface area (Å²) < 4.78 is 0. The van der Waals surface area contributed by atoms with Gasteiger partial charge in [0.25, 0.3) is 0 Å². The molecule has 3 rings (SSSR count). The minimum Gasteiger partial charge on any atom is -0.317 e. The molecular weight excluding hydrogens is 234 g/mol. The molecule has 0 atom stereocenters. The first-order valence-corrected chi connectivity index (χ1v) is 8.52. The number of rotatable bonds is 2. The van der Waals surface area contributed by atoms with Gasteiger partial charge in [-0.15, -0.1) is 0 Å². The van der Waals surface area contributed by atoms with Crippen molar-refractivity contribution in [3.05, 3.63) is 0 Å². The molecular formula is C16H31N3. The molecule has 3 aliphatic heterocycles. The normalized spacial score (nSPS) is 30.8. The van der Waals surface area contributed by atoms with Gasteiger partial charge in [-0.1, -0.05) is 6.92 Å². The van der Waals surface area contributed by atoms with Gasteiger partial charge in [0, 0.05) is 12.1 Å². The highest BCUT2D eigenvalue weighted by Crippen LogP contribution is 2.25. The smallest absolute Gasteiger partial charge is 0.0120 e. The lowest BCUT2D eigenvalue weighted by Gasteiger charge is -2.44. The maximum absolute atomic E-state index is 3.48. The van der Waals surface area contributed by atoms with Crippen LogP contribution in [0, 0.1) is 5.92 Å². The van der Waals surface area contributed by atoms with Crippen molar-refractivity contribution < 1.29 is 0 Å². The van der Waals surface area contributed by atoms with Gasteiger partial charge >= 0.3 is 0 Å². The Kier molecular flexibility index (Phi) is 4.78. The molecule has 0 aliphatic carbocycles. The molecule has 0 radical (unpaired) electrons. The van der Waals surface area contributed by atoms with E-state index in [2.05, 4.69) is 22.0 Å². The summed E-state index contributed by atoms with van der Waals surface area (Å²) in [6, 6.07) is 1.77. The Morgan fingerprint density at radius 1 is 0.684 bits per heavy atom. The summed E-state index contributed by atoms with van der Waals surface area (Å²) in [7, 11) is 0. The molecule has 3 heterocycles. The second-order valence-electron chi connectivity index (χ2n) is 6.97. The number of hydrogen-bond donors (Lipinski definition) is 1. The van der Waals surface area contributed by atoms with Gasteiger partial charge in [0.05, 0.1) is 0 Å². The number of piperidine rings is 3. The molecule has 0 aromatic heterocycles. The minimum absolute atomic E-state index is 0.878. The highest BCUT2D eigenvalue weighted by Gasteiger charge is 2.30. The minimum atomic E-state index is 0.878. The molecule has 0 unspecified atom stereocenters. The van der Waals surface area contributed by atoms with Crippen LogP contribution in [-0.2, 0) is 0 Å². The fraction of sp³-hybridized carbons (Fsp3) is 1.00. The van der Waals surface area contributed by atoms with E-state index in [1.54, 1.807) is 0 Å². The second kappa shape index (κ2) is 6.55. The Labute approximate surface area is 118 Å². The quantitative estimate of drug-likeness (QED) is 0.823. The van der Waals surface area contributed by atoms with Crippen molar-refractivity contribution in [1.82, 2.24) is 15.1 Å². The van der Waals surface area contributed by atoms with E-state index < -0.39 is 0 Å². The van der Waals surface area contributed by atoms with E-state index in [-0.39, 0.29) is 0 Å². The molecule has 3 fully saturated rings. The van der Waals surface area contributed by atoms with Crippen molar-refractivity contribution in [1.29, 1.82) is 0 Å². The number of hydrogen-bond acceptors (Lipinski definition) is 3. The van der Waals surface area contributed by atoms with E-state index in [0.717, 1.165) is 18.0 Å². The van der Waals surface area contributed by atoms with Crippen LogP contribution in [0.15, 0.2) is 0 Å². The van der Waals surface area contributed by atoms with Gasteiger partial charge in [-0.05, 0) is 83.7 Å². The van der Waals surface area contributed by atoms with Crippen LogP contribution in [0.3, 0.4) is 0 Å². The van der Waals surface area contributed by atoms with E-state index >= 15 is 0 Å². The van der Waals surface area contributed by atoms with Gasteiger partial charge in [-0.25, -0.2) is 0 Å². The monoisotopic (exact) mass is 265 g/mol. The lowest BCUT2D eigenvalue weighted by Crippen LogP contribution is -2.51. The van der Waals surface area contributed by atoms with E-state index in [0.29, 0.717) is 0 Å². The molecule has 3 aliphatic rings. The zero-order valence-corrected chi connectivity index (χ0v) is 12.6. The molecule has 0 bridgehead atoms. The van der Waals surface area contributed by atoms with Crippen molar-refractivity contribution in [2.45, 2.75) is 57.5 Å². The van der Waals surface area contributed by atoms with E-state index in [1.807, 2.05) is 0 Å². The zero-order chi connectivity index (χ0) is 13.1. The molecule has 3 nitrogen and oxygen atoms in total. The van der Waals surface area contributed by atoms with Crippen LogP contribution in [0.4, 0.5) is 0 Å². The largest absolute Gasteiger partial charge is 0.317 e. The summed E-state index contributed by atoms with van der Waals surface area (Å²) in [6.45, 7) is 10.3. The van der Waals surface area contributed by atoms with Crippen LogP contribution in [-0.4, -0.2) is 61.2 Å². The molecule has 19 heavy (non-hydrogen) atoms. The van der Waals surface area contributed by atoms with Crippen molar-refractivity contribution in [2.24, 2.45) is 5.92 Å². The zero-order valence-electron chi connectivity index (χ0n) is 12.6. The van der Waals surface area contributed by atoms with Crippen LogP contribution >= 0.6 is 0 Å². The van der Waals surface area contributed by atoms with Crippen molar-refractivity contribution in [3.63, 3.8) is 0 Å². The molecule has 0 saturated carbocycles. The first-order chi connectivity index (χ1) is 9.33. The van der Waals surface area contributed by atoms with Crippen LogP contribution < -0.4 is 5.32 Å². The predicted octanol–water partition coefficient (Wildman–Crippen LogP) is 1.93. The fourth-order valence-electron chi connectivity index (χ4n) is 4.18. The Hall–Kier alpha value is -0.120. The average Bonchev–Trinajstić information content (AvgIpc) is 2.49. The molecule has 3 heteroatoms. The molecule has 110 valence electrons. The summed E-state index contributed by atoms with van der Waals surface area (Å²) in [4.78, 5) is 5.57. The topological polar surface area (TPSA) is 18.5 Å². The summed E-state index contributed by atoms with van der Waals surface area (Å²) in [5.41, 5.74) is 0. The van der Waals surface area contributed by atoms with Gasteiger partial charge in [0.15, 0.2) is 0 Å². The highest BCUT2D eigenvalue weighted by atomic mass is 15.2.